The van der Waals surface area contributed by atoms with Gasteiger partial charge in [0.1, 0.15) is 0 Å². The number of hydrogen-bond acceptors (Lipinski definition) is 5. The summed E-state index contributed by atoms with van der Waals surface area (Å²) in [6.07, 6.45) is 1.54. The van der Waals surface area contributed by atoms with E-state index in [4.69, 9.17) is 9.47 Å². The second kappa shape index (κ2) is 9.50. The normalized spacial score (nSPS) is 15.8. The lowest BCUT2D eigenvalue weighted by Gasteiger charge is -2.13. The Kier molecular flexibility index (Phi) is 6.81. The second-order valence-corrected chi connectivity index (χ2v) is 7.64. The van der Waals surface area contributed by atoms with Crippen molar-refractivity contribution >= 4 is 29.3 Å². The van der Waals surface area contributed by atoms with E-state index >= 15 is 0 Å². The van der Waals surface area contributed by atoms with E-state index in [1.165, 1.54) is 11.8 Å². The fourth-order valence-electron chi connectivity index (χ4n) is 3.07. The molecule has 0 fully saturated rings. The molecular weight excluding hydrogens is 376 g/mol. The minimum Gasteiger partial charge on any atom is -0.493 e. The predicted octanol–water partition coefficient (Wildman–Crippen LogP) is 3.01. The Morgan fingerprint density at radius 3 is 2.75 bits per heavy atom. The Morgan fingerprint density at radius 2 is 1.96 bits per heavy atom. The van der Waals surface area contributed by atoms with Crippen LogP contribution in [-0.2, 0) is 22.6 Å². The van der Waals surface area contributed by atoms with Crippen LogP contribution in [0.2, 0.25) is 0 Å². The van der Waals surface area contributed by atoms with Crippen LogP contribution in [-0.4, -0.2) is 37.0 Å². The quantitative estimate of drug-likeness (QED) is 0.747. The van der Waals surface area contributed by atoms with Crippen LogP contribution < -0.4 is 20.1 Å². The fraction of sp³-hybridized carbons (Fsp3) is 0.333. The van der Waals surface area contributed by atoms with Gasteiger partial charge >= 0.3 is 0 Å². The number of fused-ring (bicyclic) bond motifs is 1. The monoisotopic (exact) mass is 400 g/mol. The zero-order chi connectivity index (χ0) is 19.9. The van der Waals surface area contributed by atoms with Crippen molar-refractivity contribution in [1.82, 2.24) is 5.32 Å². The molecule has 1 heterocycles. The standard InChI is InChI=1S/C21H24N2O4S/c1-26-17-9-7-14(11-18(17)27-2)12-22-20(24)13-28-19-10-8-15-5-3-4-6-16(15)23-21(19)25/h3-7,9,11,19H,8,10,12-13H2,1-2H3,(H,22,24)(H,23,25). The summed E-state index contributed by atoms with van der Waals surface area (Å²) >= 11 is 1.38. The molecule has 28 heavy (non-hydrogen) atoms. The summed E-state index contributed by atoms with van der Waals surface area (Å²) in [5.41, 5.74) is 2.92. The van der Waals surface area contributed by atoms with Gasteiger partial charge in [0.25, 0.3) is 0 Å². The van der Waals surface area contributed by atoms with Crippen molar-refractivity contribution in [1.29, 1.82) is 0 Å². The molecule has 7 heteroatoms. The maximum atomic E-state index is 12.4. The van der Waals surface area contributed by atoms with Gasteiger partial charge in [-0.1, -0.05) is 24.3 Å². The number of amides is 2. The highest BCUT2D eigenvalue weighted by Crippen LogP contribution is 2.28. The number of thioether (sulfide) groups is 1. The highest BCUT2D eigenvalue weighted by Gasteiger charge is 2.24. The van der Waals surface area contributed by atoms with Gasteiger partial charge in [-0.05, 0) is 42.2 Å². The van der Waals surface area contributed by atoms with Crippen LogP contribution in [0, 0.1) is 0 Å². The summed E-state index contributed by atoms with van der Waals surface area (Å²) in [7, 11) is 3.16. The minimum absolute atomic E-state index is 0.0392. The molecule has 0 aromatic heterocycles. The molecule has 3 rings (SSSR count). The molecule has 0 saturated heterocycles. The predicted molar refractivity (Wildman–Crippen MR) is 111 cm³/mol. The van der Waals surface area contributed by atoms with Crippen LogP contribution >= 0.6 is 11.8 Å². The van der Waals surface area contributed by atoms with E-state index in [0.29, 0.717) is 18.0 Å². The lowest BCUT2D eigenvalue weighted by atomic mass is 10.1. The number of carbonyl (C=O) groups is 2. The molecule has 1 atom stereocenters. The second-order valence-electron chi connectivity index (χ2n) is 6.45. The molecule has 1 aliphatic heterocycles. The molecule has 0 radical (unpaired) electrons. The highest BCUT2D eigenvalue weighted by atomic mass is 32.2. The minimum atomic E-state index is -0.237. The fourth-order valence-corrected chi connectivity index (χ4v) is 4.02. The number of ether oxygens (including phenoxy) is 2. The van der Waals surface area contributed by atoms with Gasteiger partial charge in [-0.15, -0.1) is 11.8 Å². The zero-order valence-corrected chi connectivity index (χ0v) is 16.8. The van der Waals surface area contributed by atoms with E-state index in [9.17, 15) is 9.59 Å². The number of methoxy groups -OCH3 is 2. The Balaban J connectivity index is 1.49. The average molecular weight is 401 g/mol. The van der Waals surface area contributed by atoms with Gasteiger partial charge in [0.2, 0.25) is 11.8 Å². The molecule has 6 nitrogen and oxygen atoms in total. The first-order chi connectivity index (χ1) is 13.6. The summed E-state index contributed by atoms with van der Waals surface area (Å²) in [4.78, 5) is 24.6. The lowest BCUT2D eigenvalue weighted by Crippen LogP contribution is -2.29. The number of nitrogens with one attached hydrogen (secondary N) is 2. The van der Waals surface area contributed by atoms with E-state index in [-0.39, 0.29) is 22.8 Å². The number of aryl methyl sites for hydroxylation is 1. The SMILES string of the molecule is COc1ccc(CNC(=O)CSC2CCc3ccccc3NC2=O)cc1OC. The summed E-state index contributed by atoms with van der Waals surface area (Å²) < 4.78 is 10.5. The van der Waals surface area contributed by atoms with Gasteiger partial charge in [0.05, 0.1) is 25.2 Å². The van der Waals surface area contributed by atoms with Gasteiger partial charge in [-0.3, -0.25) is 9.59 Å². The first kappa shape index (κ1) is 20.1. The molecule has 2 aromatic carbocycles. The molecule has 2 amide bonds. The van der Waals surface area contributed by atoms with Gasteiger partial charge in [-0.25, -0.2) is 0 Å². The maximum Gasteiger partial charge on any atom is 0.237 e. The van der Waals surface area contributed by atoms with E-state index < -0.39 is 0 Å². The number of para-hydroxylation sites is 1. The zero-order valence-electron chi connectivity index (χ0n) is 16.0. The van der Waals surface area contributed by atoms with Gasteiger partial charge in [0, 0.05) is 12.2 Å². The van der Waals surface area contributed by atoms with Crippen LogP contribution in [0.4, 0.5) is 5.69 Å². The Morgan fingerprint density at radius 1 is 1.18 bits per heavy atom. The van der Waals surface area contributed by atoms with Crippen molar-refractivity contribution in [2.45, 2.75) is 24.6 Å². The van der Waals surface area contributed by atoms with E-state index in [2.05, 4.69) is 10.6 Å². The van der Waals surface area contributed by atoms with Crippen LogP contribution in [0.5, 0.6) is 11.5 Å². The summed E-state index contributed by atoms with van der Waals surface area (Å²) in [5.74, 6) is 1.37. The number of rotatable bonds is 7. The number of benzene rings is 2. The van der Waals surface area contributed by atoms with Crippen molar-refractivity contribution in [2.75, 3.05) is 25.3 Å². The summed E-state index contributed by atoms with van der Waals surface area (Å²) in [5, 5.41) is 5.61. The molecule has 0 saturated carbocycles. The lowest BCUT2D eigenvalue weighted by molar-refractivity contribution is -0.118. The third kappa shape index (κ3) is 4.98. The van der Waals surface area contributed by atoms with Gasteiger partial charge in [-0.2, -0.15) is 0 Å². The van der Waals surface area contributed by atoms with Crippen molar-refractivity contribution in [2.24, 2.45) is 0 Å². The number of anilines is 1. The third-order valence-electron chi connectivity index (χ3n) is 4.60. The maximum absolute atomic E-state index is 12.4. The molecule has 0 aliphatic carbocycles. The molecular formula is C21H24N2O4S. The van der Waals surface area contributed by atoms with Crippen molar-refractivity contribution in [3.8, 4) is 11.5 Å². The van der Waals surface area contributed by atoms with E-state index in [1.54, 1.807) is 14.2 Å². The molecule has 2 N–H and O–H groups in total. The first-order valence-electron chi connectivity index (χ1n) is 9.08. The van der Waals surface area contributed by atoms with Crippen molar-refractivity contribution < 1.29 is 19.1 Å². The van der Waals surface area contributed by atoms with Crippen LogP contribution in [0.3, 0.4) is 0 Å². The smallest absolute Gasteiger partial charge is 0.237 e. The Labute approximate surface area is 169 Å². The first-order valence-corrected chi connectivity index (χ1v) is 10.1. The summed E-state index contributed by atoms with van der Waals surface area (Å²) in [6.45, 7) is 0.391. The van der Waals surface area contributed by atoms with Gasteiger partial charge < -0.3 is 20.1 Å². The third-order valence-corrected chi connectivity index (χ3v) is 5.88. The Bertz CT molecular complexity index is 856. The van der Waals surface area contributed by atoms with Crippen LogP contribution in [0.15, 0.2) is 42.5 Å². The van der Waals surface area contributed by atoms with Crippen LogP contribution in [0.1, 0.15) is 17.5 Å². The number of hydrogen-bond donors (Lipinski definition) is 2. The van der Waals surface area contributed by atoms with Gasteiger partial charge in [0.15, 0.2) is 11.5 Å². The molecule has 148 valence electrons. The molecule has 0 spiro atoms. The van der Waals surface area contributed by atoms with E-state index in [0.717, 1.165) is 29.7 Å². The topological polar surface area (TPSA) is 76.7 Å². The summed E-state index contributed by atoms with van der Waals surface area (Å²) in [6, 6.07) is 13.3. The van der Waals surface area contributed by atoms with Crippen molar-refractivity contribution in [3.63, 3.8) is 0 Å². The van der Waals surface area contributed by atoms with E-state index in [1.807, 2.05) is 42.5 Å². The number of carbonyl (C=O) groups excluding carboxylic acids is 2. The molecule has 1 unspecified atom stereocenters. The average Bonchev–Trinajstić information content (AvgIpc) is 2.88. The Hall–Kier alpha value is -2.67. The van der Waals surface area contributed by atoms with Crippen LogP contribution in [0.25, 0.3) is 0 Å². The molecule has 2 aromatic rings. The largest absolute Gasteiger partial charge is 0.493 e. The highest BCUT2D eigenvalue weighted by molar-refractivity contribution is 8.01. The van der Waals surface area contributed by atoms with Crippen molar-refractivity contribution in [3.05, 3.63) is 53.6 Å². The molecule has 0 bridgehead atoms. The molecule has 1 aliphatic rings.